The van der Waals surface area contributed by atoms with Crippen LogP contribution in [-0.4, -0.2) is 275 Å². The quantitative estimate of drug-likeness (QED) is 0.0345. The van der Waals surface area contributed by atoms with E-state index in [-0.39, 0.29) is 18.7 Å². The van der Waals surface area contributed by atoms with Crippen molar-refractivity contribution in [3.63, 3.8) is 0 Å². The molecule has 0 saturated carbocycles. The average molecular weight is 1580 g/mol. The first-order valence-electron chi connectivity index (χ1n) is 29.9. The first-order valence-corrected chi connectivity index (χ1v) is 57.7. The third-order valence-electron chi connectivity index (χ3n) is 13.3. The van der Waals surface area contributed by atoms with Gasteiger partial charge in [0.2, 0.25) is 0 Å². The highest BCUT2D eigenvalue weighted by molar-refractivity contribution is 6.86. The van der Waals surface area contributed by atoms with Gasteiger partial charge in [-0.2, -0.15) is 26.3 Å². The second kappa shape index (κ2) is 44.7. The molecule has 28 nitrogen and oxygen atoms in total. The lowest BCUT2D eigenvalue weighted by molar-refractivity contribution is -0.132. The molecule has 544 valence electrons. The van der Waals surface area contributed by atoms with E-state index in [1.807, 2.05) is 33.1 Å². The van der Waals surface area contributed by atoms with E-state index < -0.39 is 164 Å². The Morgan fingerprint density at radius 1 is 0.363 bits per heavy atom. The van der Waals surface area contributed by atoms with Crippen molar-refractivity contribution < 1.29 is 148 Å². The maximum Gasteiger partial charge on any atom is 0.474 e. The minimum atomic E-state index is -4.54. The van der Waals surface area contributed by atoms with Crippen LogP contribution >= 0.6 is 0 Å². The predicted molar refractivity (Wildman–Crippen MR) is 348 cm³/mol. The molecule has 0 aromatic carbocycles. The van der Waals surface area contributed by atoms with Gasteiger partial charge in [-0.1, -0.05) is 13.3 Å². The summed E-state index contributed by atoms with van der Waals surface area (Å²) < 4.78 is 245. The van der Waals surface area contributed by atoms with Crippen LogP contribution in [0.4, 0.5) is 26.3 Å². The van der Waals surface area contributed by atoms with E-state index in [0.717, 1.165) is 13.0 Å². The number of halogens is 6. The average Bonchev–Trinajstić information content (AvgIpc) is 1.45. The summed E-state index contributed by atoms with van der Waals surface area (Å²) in [7, 11) is -27.4. The molecule has 11 atom stereocenters. The minimum absolute atomic E-state index is 0.141. The molecular formula is C43H106F6O28Si14. The summed E-state index contributed by atoms with van der Waals surface area (Å²) in [4.78, 5) is 0. The molecule has 91 heavy (non-hydrogen) atoms. The van der Waals surface area contributed by atoms with Gasteiger partial charge in [0, 0.05) is 104 Å². The van der Waals surface area contributed by atoms with Crippen LogP contribution in [0.25, 0.3) is 0 Å². The molecule has 3 aliphatic rings. The summed E-state index contributed by atoms with van der Waals surface area (Å²) in [5.74, 6) is 0. The van der Waals surface area contributed by atoms with Crippen molar-refractivity contribution >= 4 is 127 Å². The van der Waals surface area contributed by atoms with Gasteiger partial charge in [-0.05, 0) is 108 Å². The zero-order valence-corrected chi connectivity index (χ0v) is 71.7. The van der Waals surface area contributed by atoms with Crippen molar-refractivity contribution in [2.45, 2.75) is 165 Å². The monoisotopic (exact) mass is 1580 g/mol. The fourth-order valence-electron chi connectivity index (χ4n) is 8.18. The molecule has 0 amide bonds. The summed E-state index contributed by atoms with van der Waals surface area (Å²) in [6.07, 6.45) is -8.98. The maximum atomic E-state index is 13.3. The van der Waals surface area contributed by atoms with E-state index in [1.165, 1.54) is 48.6 Å². The van der Waals surface area contributed by atoms with Crippen LogP contribution in [0.1, 0.15) is 45.4 Å². The predicted octanol–water partition coefficient (Wildman–Crippen LogP) is 4.72. The van der Waals surface area contributed by atoms with Crippen LogP contribution in [0.2, 0.25) is 88.6 Å². The molecule has 0 aromatic rings. The van der Waals surface area contributed by atoms with Crippen LogP contribution in [0.3, 0.4) is 0 Å². The van der Waals surface area contributed by atoms with Gasteiger partial charge in [-0.3, -0.25) is 0 Å². The van der Waals surface area contributed by atoms with Crippen LogP contribution in [0, 0.1) is 0 Å². The molecule has 0 N–H and O–H groups in total. The van der Waals surface area contributed by atoms with Crippen LogP contribution in [-0.2, 0) is 122 Å². The number of epoxide rings is 3. The molecular weight excluding hydrogens is 1470 g/mol. The van der Waals surface area contributed by atoms with Gasteiger partial charge < -0.3 is 122 Å². The van der Waals surface area contributed by atoms with Gasteiger partial charge in [0.05, 0.1) is 13.2 Å². The van der Waals surface area contributed by atoms with Crippen molar-refractivity contribution in [3.05, 3.63) is 0 Å². The summed E-state index contributed by atoms with van der Waals surface area (Å²) >= 11 is 0. The smallest absolute Gasteiger partial charge is 0.417 e. The van der Waals surface area contributed by atoms with Gasteiger partial charge in [-0.25, -0.2) is 0 Å². The summed E-state index contributed by atoms with van der Waals surface area (Å²) in [6.45, 7) is 20.2. The second-order valence-corrected chi connectivity index (χ2v) is 60.4. The van der Waals surface area contributed by atoms with E-state index >= 15 is 0 Å². The third kappa shape index (κ3) is 41.1. The number of hydrogen-bond donors (Lipinski definition) is 0. The molecule has 0 aromatic heterocycles. The molecule has 3 rings (SSSR count). The molecule has 0 aliphatic carbocycles. The van der Waals surface area contributed by atoms with E-state index in [0.29, 0.717) is 83.1 Å². The Morgan fingerprint density at radius 3 is 0.879 bits per heavy atom. The Morgan fingerprint density at radius 2 is 0.626 bits per heavy atom. The second-order valence-electron chi connectivity index (χ2n) is 22.0. The first-order chi connectivity index (χ1) is 42.7. The largest absolute Gasteiger partial charge is 0.474 e. The van der Waals surface area contributed by atoms with E-state index in [1.54, 1.807) is 48.6 Å². The Balaban J connectivity index is 0.000000629. The zero-order chi connectivity index (χ0) is 68.6. The molecule has 11 unspecified atom stereocenters. The molecule has 0 bridgehead atoms. The molecule has 48 heteroatoms. The van der Waals surface area contributed by atoms with Crippen molar-refractivity contribution in [1.82, 2.24) is 0 Å². The standard InChI is InChI=1S/C25H60O17Si7.C18H46F6O11Si7/c1-26-43(6)37-47(7,16-10-13-31-19-23-20-34-23)40-46(41-48(8,38-44(27-2)28-3)17-11-14-32-24-21-35-24)42-49(9,39-45(29-4)30-5)18-12-15-33-25-22-36-25;1-11-14-40(8,30-36(7)25-2)33-39(34-41(9,15-12-17(19,20)21)31-37(26-3)27-4)35-42(10,16-13-18(22,23)24)32-38(28-5)29-6/h23-25,43-46H,10-22H2,1-9H3;36-39H,11-16H2,1-10H3. The number of alkyl halides is 6. The minimum Gasteiger partial charge on any atom is -0.417 e. The van der Waals surface area contributed by atoms with Crippen LogP contribution in [0.15, 0.2) is 0 Å². The maximum absolute atomic E-state index is 13.3. The molecule has 3 aliphatic heterocycles. The Kier molecular flexibility index (Phi) is 43.5. The van der Waals surface area contributed by atoms with Crippen LogP contribution < -0.4 is 0 Å². The lowest BCUT2D eigenvalue weighted by Crippen LogP contribution is -2.59. The number of ether oxygens (including phenoxy) is 6. The van der Waals surface area contributed by atoms with Gasteiger partial charge in [0.15, 0.2) is 12.6 Å². The lowest BCUT2D eigenvalue weighted by atomic mass is 10.5. The fraction of sp³-hybridized carbons (Fsp3) is 1.00. The zero-order valence-electron chi connectivity index (χ0n) is 56.5. The highest BCUT2D eigenvalue weighted by Gasteiger charge is 2.52. The Hall–Kier alpha value is 1.50. The van der Waals surface area contributed by atoms with Crippen molar-refractivity contribution in [2.75, 3.05) is 117 Å². The third-order valence-corrected chi connectivity index (χ3v) is 59.5. The fourth-order valence-corrected chi connectivity index (χ4v) is 53.2. The molecule has 0 spiro atoms. The highest BCUT2D eigenvalue weighted by atomic mass is 28.5. The highest BCUT2D eigenvalue weighted by Crippen LogP contribution is 2.34. The van der Waals surface area contributed by atoms with E-state index in [4.69, 9.17) is 122 Å². The van der Waals surface area contributed by atoms with Crippen molar-refractivity contribution in [2.24, 2.45) is 0 Å². The van der Waals surface area contributed by atoms with Gasteiger partial charge in [-0.15, -0.1) is 0 Å². The van der Waals surface area contributed by atoms with E-state index in [2.05, 4.69) is 0 Å². The van der Waals surface area contributed by atoms with E-state index in [9.17, 15) is 26.3 Å². The summed E-state index contributed by atoms with van der Waals surface area (Å²) in [5, 5.41) is 0. The van der Waals surface area contributed by atoms with Gasteiger partial charge >= 0.3 is 139 Å². The molecule has 3 fully saturated rings. The van der Waals surface area contributed by atoms with Gasteiger partial charge in [0.1, 0.15) is 19.3 Å². The van der Waals surface area contributed by atoms with Crippen LogP contribution in [0.5, 0.6) is 0 Å². The Labute approximate surface area is 555 Å². The summed E-state index contributed by atoms with van der Waals surface area (Å²) in [5.41, 5.74) is 0. The Bertz CT molecular complexity index is 1810. The molecule has 3 saturated heterocycles. The van der Waals surface area contributed by atoms with Crippen molar-refractivity contribution in [3.8, 4) is 0 Å². The molecule has 3 heterocycles. The normalized spacial score (nSPS) is 22.3. The first kappa shape index (κ1) is 88.6. The number of hydrogen-bond acceptors (Lipinski definition) is 28. The van der Waals surface area contributed by atoms with Crippen molar-refractivity contribution in [1.29, 1.82) is 0 Å². The van der Waals surface area contributed by atoms with Gasteiger partial charge in [0.25, 0.3) is 0 Å². The topological polar surface area (TPSA) is 268 Å². The number of rotatable bonds is 56. The lowest BCUT2D eigenvalue weighted by Gasteiger charge is -2.40. The summed E-state index contributed by atoms with van der Waals surface area (Å²) in [6, 6.07) is 1.07. The SMILES string of the molecule is CCC[Si](C)(O[SiH](C)OC)O[SiH](O[Si](C)(CCC(F)(F)F)O[SiH](OC)OC)O[Si](C)(CCC(F)(F)F)O[SiH](OC)OC.CO[SiH](C)O[Si](C)(CCCOCC1CO1)O[SiH](O[Si](C)(CCCOC1CO1)O[SiH](OC)OC)O[Si](C)(CCCOC1CO1)O[SiH](OC)OC. The molecule has 0 radical (unpaired) electrons.